The number of rotatable bonds is 4. The highest BCUT2D eigenvalue weighted by molar-refractivity contribution is 9.10. The van der Waals surface area contributed by atoms with Gasteiger partial charge in [0.05, 0.1) is 11.1 Å². The molecule has 1 fully saturated rings. The number of Topliss-reactive ketones (excluding diaryl/α,β-unsaturated/α-hetero) is 1. The first-order valence-electron chi connectivity index (χ1n) is 7.19. The van der Waals surface area contributed by atoms with E-state index < -0.39 is 0 Å². The molecule has 0 unspecified atom stereocenters. The van der Waals surface area contributed by atoms with E-state index in [0.29, 0.717) is 12.4 Å². The number of carbonyl (C=O) groups is 1. The van der Waals surface area contributed by atoms with Gasteiger partial charge in [-0.05, 0) is 53.9 Å². The van der Waals surface area contributed by atoms with E-state index in [1.54, 1.807) is 0 Å². The quantitative estimate of drug-likeness (QED) is 0.575. The van der Waals surface area contributed by atoms with Gasteiger partial charge in [0.2, 0.25) is 0 Å². The van der Waals surface area contributed by atoms with E-state index in [9.17, 15) is 4.79 Å². The summed E-state index contributed by atoms with van der Waals surface area (Å²) < 4.78 is 6.35. The zero-order valence-corrected chi connectivity index (χ0v) is 13.0. The van der Waals surface area contributed by atoms with Crippen molar-refractivity contribution in [2.75, 3.05) is 6.61 Å². The van der Waals surface area contributed by atoms with E-state index in [4.69, 9.17) is 4.74 Å². The van der Waals surface area contributed by atoms with Crippen molar-refractivity contribution in [3.8, 4) is 5.75 Å². The van der Waals surface area contributed by atoms with Crippen molar-refractivity contribution in [2.45, 2.75) is 45.4 Å². The Labute approximate surface area is 123 Å². The summed E-state index contributed by atoms with van der Waals surface area (Å²) in [5, 5.41) is 0. The number of halogens is 1. The fourth-order valence-corrected chi connectivity index (χ4v) is 3.20. The van der Waals surface area contributed by atoms with E-state index in [1.165, 1.54) is 25.7 Å². The fourth-order valence-electron chi connectivity index (χ4n) is 2.70. The van der Waals surface area contributed by atoms with E-state index in [-0.39, 0.29) is 5.92 Å². The first kappa shape index (κ1) is 14.6. The highest BCUT2D eigenvalue weighted by Crippen LogP contribution is 2.30. The van der Waals surface area contributed by atoms with Gasteiger partial charge < -0.3 is 4.74 Å². The highest BCUT2D eigenvalue weighted by atomic mass is 79.9. The zero-order valence-electron chi connectivity index (χ0n) is 11.5. The van der Waals surface area contributed by atoms with Crippen LogP contribution in [0.1, 0.15) is 55.8 Å². The molecule has 0 amide bonds. The molecule has 19 heavy (non-hydrogen) atoms. The summed E-state index contributed by atoms with van der Waals surface area (Å²) in [6, 6.07) is 5.68. The van der Waals surface area contributed by atoms with Crippen LogP contribution < -0.4 is 4.74 Å². The number of hydrogen-bond acceptors (Lipinski definition) is 2. The lowest BCUT2D eigenvalue weighted by Crippen LogP contribution is -2.14. The minimum Gasteiger partial charge on any atom is -0.493 e. The predicted molar refractivity (Wildman–Crippen MR) is 80.8 cm³/mol. The molecule has 0 aliphatic heterocycles. The molecule has 0 aromatic heterocycles. The van der Waals surface area contributed by atoms with Crippen LogP contribution in [0.25, 0.3) is 0 Å². The average Bonchev–Trinajstić information content (AvgIpc) is 2.69. The molecular formula is C16H21BrO2. The van der Waals surface area contributed by atoms with Gasteiger partial charge in [0, 0.05) is 11.5 Å². The van der Waals surface area contributed by atoms with Crippen molar-refractivity contribution in [1.29, 1.82) is 0 Å². The van der Waals surface area contributed by atoms with Crippen molar-refractivity contribution in [2.24, 2.45) is 5.92 Å². The van der Waals surface area contributed by atoms with Crippen LogP contribution in [0, 0.1) is 5.92 Å². The topological polar surface area (TPSA) is 26.3 Å². The first-order valence-corrected chi connectivity index (χ1v) is 7.98. The molecule has 0 atom stereocenters. The van der Waals surface area contributed by atoms with Crippen molar-refractivity contribution in [3.05, 3.63) is 28.2 Å². The maximum Gasteiger partial charge on any atom is 0.165 e. The Balaban J connectivity index is 2.12. The fraction of sp³-hybridized carbons (Fsp3) is 0.562. The molecule has 0 radical (unpaired) electrons. The summed E-state index contributed by atoms with van der Waals surface area (Å²) in [6.07, 6.45) is 7.02. The predicted octanol–water partition coefficient (Wildman–Crippen LogP) is 5.00. The van der Waals surface area contributed by atoms with Crippen molar-refractivity contribution in [1.82, 2.24) is 0 Å². The summed E-state index contributed by atoms with van der Waals surface area (Å²) in [5.41, 5.74) is 0.808. The molecule has 0 saturated heterocycles. The highest BCUT2D eigenvalue weighted by Gasteiger charge is 2.21. The normalized spacial score (nSPS) is 16.9. The Hall–Kier alpha value is -0.830. The van der Waals surface area contributed by atoms with Gasteiger partial charge in [0.25, 0.3) is 0 Å². The van der Waals surface area contributed by atoms with Gasteiger partial charge in [-0.3, -0.25) is 4.79 Å². The van der Waals surface area contributed by atoms with Gasteiger partial charge in [-0.2, -0.15) is 0 Å². The Kier molecular flexibility index (Phi) is 5.44. The van der Waals surface area contributed by atoms with Crippen LogP contribution in [-0.4, -0.2) is 12.4 Å². The minimum atomic E-state index is 0.215. The Morgan fingerprint density at radius 1 is 1.26 bits per heavy atom. The molecule has 1 aliphatic carbocycles. The summed E-state index contributed by atoms with van der Waals surface area (Å²) in [7, 11) is 0. The van der Waals surface area contributed by atoms with Crippen LogP contribution in [-0.2, 0) is 0 Å². The first-order chi connectivity index (χ1) is 9.22. The molecule has 0 heterocycles. The van der Waals surface area contributed by atoms with Crippen LogP contribution in [0.4, 0.5) is 0 Å². The molecule has 3 heteroatoms. The van der Waals surface area contributed by atoms with Crippen LogP contribution in [0.3, 0.4) is 0 Å². The van der Waals surface area contributed by atoms with Gasteiger partial charge in [0.15, 0.2) is 5.78 Å². The lowest BCUT2D eigenvalue weighted by molar-refractivity contribution is 0.0908. The van der Waals surface area contributed by atoms with Crippen LogP contribution >= 0.6 is 15.9 Å². The average molecular weight is 325 g/mol. The van der Waals surface area contributed by atoms with E-state index in [0.717, 1.165) is 28.6 Å². The Morgan fingerprint density at radius 3 is 2.53 bits per heavy atom. The number of carbonyl (C=O) groups excluding carboxylic acids is 1. The largest absolute Gasteiger partial charge is 0.493 e. The summed E-state index contributed by atoms with van der Waals surface area (Å²) in [5.74, 6) is 1.32. The molecule has 1 aliphatic rings. The van der Waals surface area contributed by atoms with E-state index in [1.807, 2.05) is 25.1 Å². The van der Waals surface area contributed by atoms with E-state index in [2.05, 4.69) is 15.9 Å². The van der Waals surface area contributed by atoms with Crippen molar-refractivity contribution >= 4 is 21.7 Å². The molecule has 1 saturated carbocycles. The second-order valence-electron chi connectivity index (χ2n) is 5.13. The van der Waals surface area contributed by atoms with Crippen molar-refractivity contribution < 1.29 is 9.53 Å². The second-order valence-corrected chi connectivity index (χ2v) is 5.99. The molecule has 1 aromatic rings. The third kappa shape index (κ3) is 3.82. The Morgan fingerprint density at radius 2 is 1.95 bits per heavy atom. The lowest BCUT2D eigenvalue weighted by atomic mass is 9.91. The lowest BCUT2D eigenvalue weighted by Gasteiger charge is -2.14. The van der Waals surface area contributed by atoms with E-state index >= 15 is 0 Å². The Bertz CT molecular complexity index is 434. The number of benzene rings is 1. The molecule has 2 nitrogen and oxygen atoms in total. The molecule has 0 N–H and O–H groups in total. The van der Waals surface area contributed by atoms with Crippen LogP contribution in [0.5, 0.6) is 5.75 Å². The monoisotopic (exact) mass is 324 g/mol. The van der Waals surface area contributed by atoms with Crippen LogP contribution in [0.2, 0.25) is 0 Å². The van der Waals surface area contributed by atoms with Crippen LogP contribution in [0.15, 0.2) is 22.7 Å². The van der Waals surface area contributed by atoms with Gasteiger partial charge in [0.1, 0.15) is 5.75 Å². The number of ketones is 1. The SMILES string of the molecule is CCOc1ccc(C(=O)C2CCCCCC2)cc1Br. The third-order valence-electron chi connectivity index (χ3n) is 3.74. The maximum absolute atomic E-state index is 12.5. The van der Waals surface area contributed by atoms with Crippen molar-refractivity contribution in [3.63, 3.8) is 0 Å². The number of ether oxygens (including phenoxy) is 1. The van der Waals surface area contributed by atoms with Gasteiger partial charge in [-0.25, -0.2) is 0 Å². The maximum atomic E-state index is 12.5. The number of hydrogen-bond donors (Lipinski definition) is 0. The summed E-state index contributed by atoms with van der Waals surface area (Å²) >= 11 is 3.48. The molecule has 1 aromatic carbocycles. The smallest absolute Gasteiger partial charge is 0.165 e. The van der Waals surface area contributed by atoms with Gasteiger partial charge >= 0.3 is 0 Å². The molecule has 104 valence electrons. The molecular weight excluding hydrogens is 304 g/mol. The minimum absolute atomic E-state index is 0.215. The molecule has 0 bridgehead atoms. The van der Waals surface area contributed by atoms with Gasteiger partial charge in [-0.15, -0.1) is 0 Å². The molecule has 2 rings (SSSR count). The van der Waals surface area contributed by atoms with Gasteiger partial charge in [-0.1, -0.05) is 25.7 Å². The summed E-state index contributed by atoms with van der Waals surface area (Å²) in [4.78, 5) is 12.5. The molecule has 0 spiro atoms. The zero-order chi connectivity index (χ0) is 13.7. The second kappa shape index (κ2) is 7.09. The third-order valence-corrected chi connectivity index (χ3v) is 4.36. The standard InChI is InChI=1S/C16H21BrO2/c1-2-19-15-10-9-13(11-14(15)17)16(18)12-7-5-3-4-6-8-12/h9-12H,2-8H2,1H3. The summed E-state index contributed by atoms with van der Waals surface area (Å²) in [6.45, 7) is 2.59.